The molecule has 0 atom stereocenters. The molecule has 6 nitrogen and oxygen atoms in total. The van der Waals surface area contributed by atoms with Gasteiger partial charge in [-0.1, -0.05) is 34.8 Å². The van der Waals surface area contributed by atoms with Crippen molar-refractivity contribution in [3.8, 4) is 11.6 Å². The van der Waals surface area contributed by atoms with Gasteiger partial charge in [0.15, 0.2) is 5.69 Å². The van der Waals surface area contributed by atoms with E-state index in [1.165, 1.54) is 0 Å². The maximum absolute atomic E-state index is 12.0. The van der Waals surface area contributed by atoms with E-state index >= 15 is 0 Å². The van der Waals surface area contributed by atoms with E-state index in [-0.39, 0.29) is 24.6 Å². The number of nitrogens with zero attached hydrogens (tertiary/aromatic N) is 2. The van der Waals surface area contributed by atoms with Gasteiger partial charge in [0.2, 0.25) is 5.88 Å². The van der Waals surface area contributed by atoms with Gasteiger partial charge in [0.05, 0.1) is 17.1 Å². The Bertz CT molecular complexity index is 1070. The number of halogens is 4. The highest BCUT2D eigenvalue weighted by Gasteiger charge is 2.14. The second-order valence-corrected chi connectivity index (χ2v) is 7.89. The van der Waals surface area contributed by atoms with E-state index in [4.69, 9.17) is 39.5 Å². The highest BCUT2D eigenvalue weighted by Crippen LogP contribution is 2.40. The van der Waals surface area contributed by atoms with Crippen LogP contribution in [0.15, 0.2) is 45.0 Å². The predicted octanol–water partition coefficient (Wildman–Crippen LogP) is 7.07. The second-order valence-electron chi connectivity index (χ2n) is 5.75. The van der Waals surface area contributed by atoms with Crippen LogP contribution in [0.2, 0.25) is 15.1 Å². The Morgan fingerprint density at radius 1 is 1.18 bits per heavy atom. The van der Waals surface area contributed by atoms with Gasteiger partial charge in [0.25, 0.3) is 5.91 Å². The van der Waals surface area contributed by atoms with Crippen LogP contribution in [-0.2, 0) is 4.79 Å². The lowest BCUT2D eigenvalue weighted by molar-refractivity contribution is -0.118. The Hall–Kier alpha value is -1.80. The van der Waals surface area contributed by atoms with Crippen LogP contribution in [0.4, 0.5) is 5.69 Å². The number of azo groups is 1. The third-order valence-corrected chi connectivity index (χ3v) is 5.10. The van der Waals surface area contributed by atoms with Crippen molar-refractivity contribution in [3.63, 3.8) is 0 Å². The fraction of sp³-hybridized carbons (Fsp3) is 0.167. The van der Waals surface area contributed by atoms with Crippen LogP contribution < -0.4 is 4.74 Å². The number of carbonyl (C=O) groups excluding carboxylic acids is 1. The van der Waals surface area contributed by atoms with Crippen LogP contribution in [0.1, 0.15) is 12.8 Å². The smallest absolute Gasteiger partial charge is 0.264 e. The minimum absolute atomic E-state index is 0.127. The first-order valence-corrected chi connectivity index (χ1v) is 10.00. The molecule has 2 N–H and O–H groups in total. The first-order chi connectivity index (χ1) is 13.3. The van der Waals surface area contributed by atoms with Gasteiger partial charge >= 0.3 is 0 Å². The summed E-state index contributed by atoms with van der Waals surface area (Å²) in [4.78, 5) is 14.7. The molecule has 0 unspecified atom stereocenters. The van der Waals surface area contributed by atoms with Crippen molar-refractivity contribution >= 4 is 73.2 Å². The summed E-state index contributed by atoms with van der Waals surface area (Å²) < 4.78 is 6.18. The zero-order valence-corrected chi connectivity index (χ0v) is 18.0. The van der Waals surface area contributed by atoms with E-state index in [0.717, 1.165) is 0 Å². The van der Waals surface area contributed by atoms with Crippen LogP contribution in [0.25, 0.3) is 10.9 Å². The van der Waals surface area contributed by atoms with Gasteiger partial charge in [-0.3, -0.25) is 4.79 Å². The number of aromatic amines is 1. The van der Waals surface area contributed by atoms with E-state index < -0.39 is 5.91 Å². The molecule has 3 rings (SSSR count). The van der Waals surface area contributed by atoms with Gasteiger partial charge in [0.1, 0.15) is 5.75 Å². The molecule has 1 heterocycles. The fourth-order valence-corrected chi connectivity index (χ4v) is 3.82. The number of amides is 1. The lowest BCUT2D eigenvalue weighted by Gasteiger charge is -2.07. The van der Waals surface area contributed by atoms with Crippen molar-refractivity contribution in [1.29, 1.82) is 0 Å². The summed E-state index contributed by atoms with van der Waals surface area (Å²) in [5, 5.41) is 19.5. The van der Waals surface area contributed by atoms with Crippen molar-refractivity contribution in [1.82, 2.24) is 4.98 Å². The molecule has 0 saturated heterocycles. The average molecular weight is 506 g/mol. The molecule has 0 fully saturated rings. The quantitative estimate of drug-likeness (QED) is 0.278. The lowest BCUT2D eigenvalue weighted by Crippen LogP contribution is -2.01. The molecule has 28 heavy (non-hydrogen) atoms. The molecular formula is C18H13BrCl3N3O3. The molecule has 0 bridgehead atoms. The van der Waals surface area contributed by atoms with E-state index in [2.05, 4.69) is 31.1 Å². The van der Waals surface area contributed by atoms with Crippen LogP contribution in [0.5, 0.6) is 11.6 Å². The minimum Gasteiger partial charge on any atom is -0.493 e. The fourth-order valence-electron chi connectivity index (χ4n) is 2.45. The Labute approximate surface area is 183 Å². The first-order valence-electron chi connectivity index (χ1n) is 8.07. The summed E-state index contributed by atoms with van der Waals surface area (Å²) >= 11 is 21.2. The Kier molecular flexibility index (Phi) is 6.82. The number of fused-ring (bicyclic) bond motifs is 1. The number of hydrogen-bond acceptors (Lipinski definition) is 4. The molecule has 1 aromatic heterocycles. The molecule has 0 aliphatic heterocycles. The minimum atomic E-state index is -0.444. The Balaban J connectivity index is 1.58. The molecular weight excluding hydrogens is 492 g/mol. The van der Waals surface area contributed by atoms with E-state index in [1.807, 2.05) is 0 Å². The zero-order chi connectivity index (χ0) is 20.3. The first kappa shape index (κ1) is 20.9. The molecule has 3 aromatic rings. The number of aromatic nitrogens is 1. The summed E-state index contributed by atoms with van der Waals surface area (Å²) in [6.45, 7) is 0.281. The third kappa shape index (κ3) is 4.97. The lowest BCUT2D eigenvalue weighted by atomic mass is 10.2. The number of rotatable bonds is 6. The topological polar surface area (TPSA) is 87.0 Å². The summed E-state index contributed by atoms with van der Waals surface area (Å²) in [5.74, 6) is -0.151. The molecule has 0 radical (unpaired) electrons. The monoisotopic (exact) mass is 503 g/mol. The maximum atomic E-state index is 12.0. The molecule has 2 aromatic carbocycles. The third-order valence-electron chi connectivity index (χ3n) is 3.73. The van der Waals surface area contributed by atoms with E-state index in [9.17, 15) is 9.90 Å². The summed E-state index contributed by atoms with van der Waals surface area (Å²) in [5.41, 5.74) is 0.757. The Morgan fingerprint density at radius 2 is 1.96 bits per heavy atom. The van der Waals surface area contributed by atoms with Crippen molar-refractivity contribution in [2.45, 2.75) is 12.8 Å². The predicted molar refractivity (Wildman–Crippen MR) is 113 cm³/mol. The molecule has 146 valence electrons. The average Bonchev–Trinajstić information content (AvgIpc) is 2.94. The van der Waals surface area contributed by atoms with E-state index in [0.29, 0.717) is 42.6 Å². The van der Waals surface area contributed by atoms with Crippen molar-refractivity contribution < 1.29 is 14.6 Å². The van der Waals surface area contributed by atoms with Crippen molar-refractivity contribution in [3.05, 3.63) is 49.9 Å². The number of carbonyl (C=O) groups is 1. The number of H-pyrrole nitrogens is 1. The Morgan fingerprint density at radius 3 is 2.71 bits per heavy atom. The van der Waals surface area contributed by atoms with E-state index in [1.54, 1.807) is 30.3 Å². The van der Waals surface area contributed by atoms with Gasteiger partial charge in [-0.2, -0.15) is 0 Å². The number of nitrogens with one attached hydrogen (secondary N) is 1. The van der Waals surface area contributed by atoms with Crippen molar-refractivity contribution in [2.24, 2.45) is 10.2 Å². The van der Waals surface area contributed by atoms with Gasteiger partial charge in [-0.15, -0.1) is 10.2 Å². The van der Waals surface area contributed by atoms with Crippen LogP contribution in [0.3, 0.4) is 0 Å². The SMILES string of the molecule is O=C(CCCOc1ccc(Cl)cc1Cl)N=Nc1c(O)[nH]c2c(Br)cc(Cl)cc12. The maximum Gasteiger partial charge on any atom is 0.264 e. The number of benzene rings is 2. The summed E-state index contributed by atoms with van der Waals surface area (Å²) in [7, 11) is 0. The molecule has 10 heteroatoms. The van der Waals surface area contributed by atoms with Crippen LogP contribution in [0, 0.1) is 0 Å². The number of aromatic hydroxyl groups is 1. The molecule has 0 spiro atoms. The van der Waals surface area contributed by atoms with Gasteiger partial charge in [0, 0.05) is 26.3 Å². The van der Waals surface area contributed by atoms with Crippen LogP contribution >= 0.6 is 50.7 Å². The van der Waals surface area contributed by atoms with Gasteiger partial charge < -0.3 is 14.8 Å². The summed E-state index contributed by atoms with van der Waals surface area (Å²) in [6, 6.07) is 8.21. The largest absolute Gasteiger partial charge is 0.493 e. The number of hydrogen-bond donors (Lipinski definition) is 2. The highest BCUT2D eigenvalue weighted by molar-refractivity contribution is 9.10. The number of ether oxygens (including phenoxy) is 1. The highest BCUT2D eigenvalue weighted by atomic mass is 79.9. The van der Waals surface area contributed by atoms with Gasteiger partial charge in [-0.25, -0.2) is 0 Å². The molecule has 0 saturated carbocycles. The van der Waals surface area contributed by atoms with Crippen molar-refractivity contribution in [2.75, 3.05) is 6.61 Å². The van der Waals surface area contributed by atoms with Gasteiger partial charge in [-0.05, 0) is 52.7 Å². The van der Waals surface area contributed by atoms with Crippen LogP contribution in [-0.4, -0.2) is 22.6 Å². The molecule has 0 aliphatic carbocycles. The molecule has 0 aliphatic rings. The summed E-state index contributed by atoms with van der Waals surface area (Å²) in [6.07, 6.45) is 0.552. The second kappa shape index (κ2) is 9.13. The zero-order valence-electron chi connectivity index (χ0n) is 14.2. The molecule has 1 amide bonds. The normalized spacial score (nSPS) is 11.4. The standard InChI is InChI=1S/C18H13BrCl3N3O3/c19-12-7-10(21)6-11-16(12)23-18(27)17(11)25-24-15(26)2-1-5-28-14-4-3-9(20)8-13(14)22/h3-4,6-8,23,27H,1-2,5H2.